The van der Waals surface area contributed by atoms with Crippen LogP contribution in [-0.4, -0.2) is 141 Å². The Balaban J connectivity index is 1.49. The van der Waals surface area contributed by atoms with E-state index in [9.17, 15) is 38.4 Å². The first-order valence-electron chi connectivity index (χ1n) is 25.6. The number of amides is 8. The molecule has 0 aliphatic carbocycles. The van der Waals surface area contributed by atoms with Gasteiger partial charge in [0.05, 0.1) is 26.6 Å². The molecule has 1 aliphatic rings. The van der Waals surface area contributed by atoms with Gasteiger partial charge in [-0.1, -0.05) is 22.6 Å². The number of ether oxygens (including phenoxy) is 4. The number of carbonyl (C=O) groups is 8. The predicted molar refractivity (Wildman–Crippen MR) is 283 cm³/mol. The van der Waals surface area contributed by atoms with Gasteiger partial charge in [0.2, 0.25) is 35.4 Å². The van der Waals surface area contributed by atoms with E-state index in [2.05, 4.69) is 63.2 Å². The smallest absolute Gasteiger partial charge is 0.408 e. The minimum absolute atomic E-state index is 0.120. The Bertz CT molecular complexity index is 2600. The average molecular weight is 1090 g/mol. The van der Waals surface area contributed by atoms with Gasteiger partial charge in [0.1, 0.15) is 70.3 Å². The van der Waals surface area contributed by atoms with Gasteiger partial charge in [0.25, 0.3) is 0 Å². The Morgan fingerprint density at radius 1 is 0.564 bits per heavy atom. The molecule has 4 aromatic rings. The monoisotopic (exact) mass is 1090 g/mol. The van der Waals surface area contributed by atoms with Crippen LogP contribution in [0.1, 0.15) is 117 Å². The molecule has 0 saturated carbocycles. The number of aryl methyl sites for hydroxylation is 2. The van der Waals surface area contributed by atoms with Gasteiger partial charge in [0, 0.05) is 38.3 Å². The van der Waals surface area contributed by atoms with Crippen molar-refractivity contribution in [2.75, 3.05) is 28.3 Å². The maximum absolute atomic E-state index is 13.9. The van der Waals surface area contributed by atoms with Crippen molar-refractivity contribution in [3.05, 3.63) is 59.9 Å². The second kappa shape index (κ2) is 27.1. The Labute approximate surface area is 452 Å². The Hall–Kier alpha value is -8.32. The van der Waals surface area contributed by atoms with Gasteiger partial charge < -0.3 is 61.5 Å². The van der Waals surface area contributed by atoms with Crippen molar-refractivity contribution >= 4 is 47.6 Å². The van der Waals surface area contributed by atoms with Crippen molar-refractivity contribution in [2.24, 2.45) is 0 Å². The van der Waals surface area contributed by atoms with Crippen molar-refractivity contribution in [2.45, 2.75) is 154 Å². The van der Waals surface area contributed by atoms with Crippen molar-refractivity contribution in [1.82, 2.24) is 72.5 Å². The van der Waals surface area contributed by atoms with Crippen molar-refractivity contribution < 1.29 is 57.3 Å². The predicted octanol–water partition coefficient (Wildman–Crippen LogP) is 2.88. The number of nitrogens with one attached hydrogen (secondary N) is 8. The van der Waals surface area contributed by atoms with Crippen LogP contribution in [0.5, 0.6) is 11.5 Å². The lowest BCUT2D eigenvalue weighted by Gasteiger charge is -2.25. The summed E-state index contributed by atoms with van der Waals surface area (Å²) in [6.07, 6.45) is 3.52. The molecule has 424 valence electrons. The number of likely N-dealkylation sites (N-methyl/N-ethyl adjacent to an activating group) is 2. The van der Waals surface area contributed by atoms with Gasteiger partial charge in [-0.2, -0.15) is 0 Å². The lowest BCUT2D eigenvalue weighted by molar-refractivity contribution is -0.132. The molecule has 8 N–H and O–H groups in total. The van der Waals surface area contributed by atoms with Crippen LogP contribution >= 0.6 is 0 Å². The molecule has 0 saturated heterocycles. The standard InChI is InChI=1S/C52H74N14O12/c1-29-43(67)59-41(47(71)53-9)31-19-21-39(75-11)33(25-31)37-27-66(63-61-37)24-16-14-18-36(58-50(74)78-52(6,7)8)46(70)56-30(2)44(68)60-42(48(72)54-10)32-20-22-40(76-12)34(26-32)38-28-65(64-62-38)23-15-13-17-35(45(69)55-29)57-49(73)77-51(3,4)5/h19-22,25-30,35-36,41-42H,13-18,23-24H2,1-12H3,(H,53,71)(H,54,72)(H,55,69)(H,56,70)(H,57,73)(H,58,74)(H,59,67)(H,60,68)/t29-,30-,35+,36+,41+,42+/m1/s1. The van der Waals surface area contributed by atoms with Crippen molar-refractivity contribution in [1.29, 1.82) is 0 Å². The summed E-state index contributed by atoms with van der Waals surface area (Å²) in [4.78, 5) is 108. The number of nitrogens with zero attached hydrogens (tertiary/aromatic N) is 6. The van der Waals surface area contributed by atoms with Crippen LogP contribution in [0, 0.1) is 0 Å². The number of aromatic nitrogens is 6. The zero-order chi connectivity index (χ0) is 57.5. The fourth-order valence-corrected chi connectivity index (χ4v) is 8.14. The first-order chi connectivity index (χ1) is 36.8. The topological polar surface area (TPSA) is 331 Å². The number of methoxy groups -OCH3 is 2. The van der Waals surface area contributed by atoms with E-state index in [0.29, 0.717) is 83.9 Å². The summed E-state index contributed by atoms with van der Waals surface area (Å²) in [6.45, 7) is 13.6. The fourth-order valence-electron chi connectivity index (χ4n) is 8.14. The third kappa shape index (κ3) is 17.4. The zero-order valence-electron chi connectivity index (χ0n) is 46.3. The van der Waals surface area contributed by atoms with Crippen LogP contribution in [0.2, 0.25) is 0 Å². The SMILES string of the molecule is CNC(=O)[C@H]1NC(=O)[C@@H](C)NC(=O)[C@@H](NC(=O)OC(C)(C)C)CCCCn2cc(nn2)-c2cc(ccc2OC)[C@@H](C(=O)NC)NC(=O)[C@@H](C)NC(=O)[C@@H](NC(=O)OC(C)(C)C)CCCCn2cc(nn2)-c2cc1ccc2OC. The number of alkyl carbamates (subject to hydrolysis) is 2. The molecule has 0 fully saturated rings. The van der Waals surface area contributed by atoms with Crippen LogP contribution < -0.4 is 52.0 Å². The highest BCUT2D eigenvalue weighted by atomic mass is 16.6. The summed E-state index contributed by atoms with van der Waals surface area (Å²) in [5, 5.41) is 38.5. The summed E-state index contributed by atoms with van der Waals surface area (Å²) in [5.41, 5.74) is 0.545. The summed E-state index contributed by atoms with van der Waals surface area (Å²) in [6, 6.07) is 2.52. The highest BCUT2D eigenvalue weighted by molar-refractivity contribution is 5.95. The molecule has 5 rings (SSSR count). The van der Waals surface area contributed by atoms with Gasteiger partial charge in [0.15, 0.2) is 0 Å². The van der Waals surface area contributed by atoms with Gasteiger partial charge in [-0.3, -0.25) is 38.1 Å². The first-order valence-corrected chi connectivity index (χ1v) is 25.6. The molecular weight excluding hydrogens is 1010 g/mol. The molecule has 0 spiro atoms. The minimum Gasteiger partial charge on any atom is -0.496 e. The molecular formula is C52H74N14O12. The zero-order valence-corrected chi connectivity index (χ0v) is 46.3. The Kier molecular flexibility index (Phi) is 21.1. The van der Waals surface area contributed by atoms with E-state index in [1.807, 2.05) is 0 Å². The van der Waals surface area contributed by atoms with Crippen molar-refractivity contribution in [3.63, 3.8) is 0 Å². The molecule has 8 amide bonds. The van der Waals surface area contributed by atoms with E-state index in [4.69, 9.17) is 18.9 Å². The molecule has 78 heavy (non-hydrogen) atoms. The number of rotatable bonds is 6. The summed E-state index contributed by atoms with van der Waals surface area (Å²) < 4.78 is 25.4. The highest BCUT2D eigenvalue weighted by Crippen LogP contribution is 2.33. The quantitative estimate of drug-likeness (QED) is 0.138. The highest BCUT2D eigenvalue weighted by Gasteiger charge is 2.32. The summed E-state index contributed by atoms with van der Waals surface area (Å²) in [7, 11) is 5.75. The molecule has 26 nitrogen and oxygen atoms in total. The molecule has 6 atom stereocenters. The molecule has 8 bridgehead atoms. The number of hydrogen-bond donors (Lipinski definition) is 8. The van der Waals surface area contributed by atoms with E-state index in [1.54, 1.807) is 99.7 Å². The summed E-state index contributed by atoms with van der Waals surface area (Å²) in [5.74, 6) is -3.13. The lowest BCUT2D eigenvalue weighted by Crippen LogP contribution is -2.54. The molecule has 0 unspecified atom stereocenters. The second-order valence-electron chi connectivity index (χ2n) is 20.6. The minimum atomic E-state index is -1.25. The molecule has 0 radical (unpaired) electrons. The molecule has 26 heteroatoms. The van der Waals surface area contributed by atoms with E-state index in [-0.39, 0.29) is 12.8 Å². The second-order valence-corrected chi connectivity index (χ2v) is 20.6. The largest absolute Gasteiger partial charge is 0.496 e. The van der Waals surface area contributed by atoms with E-state index in [0.717, 1.165) is 0 Å². The number of benzene rings is 2. The number of carbonyl (C=O) groups excluding carboxylic acids is 8. The van der Waals surface area contributed by atoms with Gasteiger partial charge in [-0.25, -0.2) is 9.59 Å². The fraction of sp³-hybridized carbons (Fsp3) is 0.538. The first kappa shape index (κ1) is 60.5. The van der Waals surface area contributed by atoms with Crippen LogP contribution in [0.15, 0.2) is 48.8 Å². The summed E-state index contributed by atoms with van der Waals surface area (Å²) >= 11 is 0. The third-order valence-corrected chi connectivity index (χ3v) is 12.1. The van der Waals surface area contributed by atoms with Crippen LogP contribution in [-0.2, 0) is 51.3 Å². The van der Waals surface area contributed by atoms with Crippen molar-refractivity contribution in [3.8, 4) is 34.0 Å². The Morgan fingerprint density at radius 3 is 1.27 bits per heavy atom. The van der Waals surface area contributed by atoms with E-state index >= 15 is 0 Å². The van der Waals surface area contributed by atoms with E-state index in [1.165, 1.54) is 42.2 Å². The van der Waals surface area contributed by atoms with Gasteiger partial charge in [-0.15, -0.1) is 10.2 Å². The van der Waals surface area contributed by atoms with Crippen LogP contribution in [0.3, 0.4) is 0 Å². The average Bonchev–Trinajstić information content (AvgIpc) is 4.07. The van der Waals surface area contributed by atoms with Gasteiger partial charge >= 0.3 is 12.2 Å². The molecule has 2 aromatic carbocycles. The number of hydrogen-bond acceptors (Lipinski definition) is 16. The van der Waals surface area contributed by atoms with Gasteiger partial charge in [-0.05, 0) is 129 Å². The molecule has 2 aromatic heterocycles. The third-order valence-electron chi connectivity index (χ3n) is 12.1. The Morgan fingerprint density at radius 2 is 0.936 bits per heavy atom. The van der Waals surface area contributed by atoms with Crippen LogP contribution in [0.25, 0.3) is 22.5 Å². The maximum atomic E-state index is 13.9. The normalized spacial score (nSPS) is 20.6. The van der Waals surface area contributed by atoms with E-state index < -0.39 is 95.1 Å². The van der Waals surface area contributed by atoms with Crippen LogP contribution in [0.4, 0.5) is 9.59 Å². The molecule has 1 aliphatic heterocycles. The molecule has 3 heterocycles. The number of fused-ring (bicyclic) bond motifs is 10. The lowest BCUT2D eigenvalue weighted by atomic mass is 10.0. The maximum Gasteiger partial charge on any atom is 0.408 e.